The van der Waals surface area contributed by atoms with Crippen molar-refractivity contribution in [3.8, 4) is 0 Å². The fourth-order valence-electron chi connectivity index (χ4n) is 2.51. The van der Waals surface area contributed by atoms with Crippen LogP contribution >= 0.6 is 0 Å². The van der Waals surface area contributed by atoms with Crippen molar-refractivity contribution in [3.05, 3.63) is 83.6 Å². The first-order chi connectivity index (χ1) is 13.6. The molecule has 0 fully saturated rings. The average Bonchev–Trinajstić information content (AvgIpc) is 2.75. The molecule has 0 radical (unpaired) electrons. The molecule has 7 heteroatoms. The van der Waals surface area contributed by atoms with E-state index in [1.165, 1.54) is 13.2 Å². The van der Waals surface area contributed by atoms with Crippen molar-refractivity contribution >= 4 is 17.7 Å². The molecule has 2 aromatic carbocycles. The third kappa shape index (κ3) is 4.70. The van der Waals surface area contributed by atoms with Crippen molar-refractivity contribution in [1.29, 1.82) is 0 Å². The molecule has 7 nitrogen and oxygen atoms in total. The number of carbonyl (C=O) groups excluding carboxylic acids is 3. The van der Waals surface area contributed by atoms with Gasteiger partial charge in [-0.15, -0.1) is 0 Å². The van der Waals surface area contributed by atoms with Gasteiger partial charge in [-0.2, -0.15) is 0 Å². The van der Waals surface area contributed by atoms with E-state index in [-0.39, 0.29) is 12.4 Å². The van der Waals surface area contributed by atoms with Gasteiger partial charge < -0.3 is 18.9 Å². The third-order valence-electron chi connectivity index (χ3n) is 3.91. The fraction of sp³-hybridized carbons (Fsp3) is 0.190. The maximum absolute atomic E-state index is 12.3. The molecular formula is C21H18O7. The Bertz CT molecular complexity index is 874. The molecule has 2 aromatic rings. The van der Waals surface area contributed by atoms with Crippen LogP contribution in [-0.2, 0) is 23.7 Å². The number of hydrogen-bond acceptors (Lipinski definition) is 7. The molecule has 0 N–H and O–H groups in total. The standard InChI is InChI=1S/C21H18O7/c1-25-21-18(22)17(28-20(24)15-10-6-3-7-11-15)12-16(27-21)13-26-19(23)14-8-4-2-5-9-14/h2-12,16,21H,13H2,1H3/t16-,21+/m0/s1. The van der Waals surface area contributed by atoms with E-state index in [9.17, 15) is 14.4 Å². The minimum Gasteiger partial charge on any atom is -0.459 e. The van der Waals surface area contributed by atoms with Crippen LogP contribution in [0.25, 0.3) is 0 Å². The number of ketones is 1. The Hall–Kier alpha value is -3.29. The second kappa shape index (κ2) is 9.07. The van der Waals surface area contributed by atoms with E-state index in [2.05, 4.69) is 0 Å². The average molecular weight is 382 g/mol. The number of hydrogen-bond donors (Lipinski definition) is 0. The first-order valence-corrected chi connectivity index (χ1v) is 8.52. The molecule has 28 heavy (non-hydrogen) atoms. The third-order valence-corrected chi connectivity index (χ3v) is 3.91. The summed E-state index contributed by atoms with van der Waals surface area (Å²) in [6.07, 6.45) is -0.769. The van der Waals surface area contributed by atoms with E-state index < -0.39 is 30.1 Å². The van der Waals surface area contributed by atoms with Gasteiger partial charge >= 0.3 is 11.9 Å². The van der Waals surface area contributed by atoms with Crippen LogP contribution in [0, 0.1) is 0 Å². The van der Waals surface area contributed by atoms with Gasteiger partial charge in [-0.3, -0.25) is 4.79 Å². The summed E-state index contributed by atoms with van der Waals surface area (Å²) in [6, 6.07) is 16.7. The number of benzene rings is 2. The van der Waals surface area contributed by atoms with Crippen molar-refractivity contribution in [1.82, 2.24) is 0 Å². The SMILES string of the molecule is CO[C@@H]1O[C@H](COC(=O)c2ccccc2)C=C(OC(=O)c2ccccc2)C1=O. The van der Waals surface area contributed by atoms with Crippen LogP contribution in [0.3, 0.4) is 0 Å². The predicted octanol–water partition coefficient (Wildman–Crippen LogP) is 2.52. The molecule has 0 amide bonds. The van der Waals surface area contributed by atoms with Gasteiger partial charge in [-0.1, -0.05) is 36.4 Å². The fourth-order valence-corrected chi connectivity index (χ4v) is 2.51. The molecule has 0 aliphatic carbocycles. The number of carbonyl (C=O) groups is 3. The number of esters is 2. The van der Waals surface area contributed by atoms with Gasteiger partial charge in [0.15, 0.2) is 5.76 Å². The number of Topliss-reactive ketones (excluding diaryl/α,β-unsaturated/α-hetero) is 1. The van der Waals surface area contributed by atoms with Crippen molar-refractivity contribution in [2.75, 3.05) is 13.7 Å². The minimum atomic E-state index is -1.26. The molecule has 0 saturated heterocycles. The van der Waals surface area contributed by atoms with Gasteiger partial charge in [0.25, 0.3) is 5.78 Å². The first kappa shape index (κ1) is 19.5. The van der Waals surface area contributed by atoms with Crippen LogP contribution in [0.5, 0.6) is 0 Å². The van der Waals surface area contributed by atoms with Gasteiger partial charge in [0.05, 0.1) is 11.1 Å². The summed E-state index contributed by atoms with van der Waals surface area (Å²) in [5, 5.41) is 0. The van der Waals surface area contributed by atoms with E-state index in [0.717, 1.165) is 0 Å². The highest BCUT2D eigenvalue weighted by Gasteiger charge is 2.34. The zero-order chi connectivity index (χ0) is 19.9. The summed E-state index contributed by atoms with van der Waals surface area (Å²) in [5.74, 6) is -2.06. The molecule has 144 valence electrons. The van der Waals surface area contributed by atoms with E-state index >= 15 is 0 Å². The summed E-state index contributed by atoms with van der Waals surface area (Å²) in [5.41, 5.74) is 0.682. The summed E-state index contributed by atoms with van der Waals surface area (Å²) in [6.45, 7) is -0.173. The van der Waals surface area contributed by atoms with Crippen LogP contribution < -0.4 is 0 Å². The zero-order valence-corrected chi connectivity index (χ0v) is 15.1. The first-order valence-electron chi connectivity index (χ1n) is 8.52. The van der Waals surface area contributed by atoms with Gasteiger partial charge in [-0.05, 0) is 30.3 Å². The molecule has 0 saturated carbocycles. The largest absolute Gasteiger partial charge is 0.459 e. The maximum atomic E-state index is 12.3. The monoisotopic (exact) mass is 382 g/mol. The Balaban J connectivity index is 1.69. The molecule has 1 heterocycles. The van der Waals surface area contributed by atoms with Crippen molar-refractivity contribution in [2.45, 2.75) is 12.4 Å². The van der Waals surface area contributed by atoms with Crippen molar-refractivity contribution in [3.63, 3.8) is 0 Å². The van der Waals surface area contributed by atoms with Gasteiger partial charge in [0, 0.05) is 7.11 Å². The Labute approximate surface area is 161 Å². The van der Waals surface area contributed by atoms with Crippen LogP contribution in [-0.4, -0.2) is 43.8 Å². The smallest absolute Gasteiger partial charge is 0.343 e. The molecule has 0 unspecified atom stereocenters. The maximum Gasteiger partial charge on any atom is 0.343 e. The predicted molar refractivity (Wildman–Crippen MR) is 97.3 cm³/mol. The molecule has 2 atom stereocenters. The lowest BCUT2D eigenvalue weighted by Gasteiger charge is -2.26. The normalized spacial score (nSPS) is 18.9. The van der Waals surface area contributed by atoms with E-state index in [4.69, 9.17) is 18.9 Å². The Morgan fingerprint density at radius 1 is 0.929 bits per heavy atom. The lowest BCUT2D eigenvalue weighted by atomic mass is 10.1. The Morgan fingerprint density at radius 3 is 2.07 bits per heavy atom. The van der Waals surface area contributed by atoms with Gasteiger partial charge in [0.2, 0.25) is 6.29 Å². The highest BCUT2D eigenvalue weighted by molar-refractivity contribution is 6.01. The van der Waals surface area contributed by atoms with Crippen LogP contribution in [0.2, 0.25) is 0 Å². The van der Waals surface area contributed by atoms with Crippen molar-refractivity contribution < 1.29 is 33.3 Å². The summed E-state index contributed by atoms with van der Waals surface area (Å²) in [7, 11) is 1.29. The number of methoxy groups -OCH3 is 1. The van der Waals surface area contributed by atoms with Gasteiger partial charge in [0.1, 0.15) is 12.7 Å². The topological polar surface area (TPSA) is 88.1 Å². The lowest BCUT2D eigenvalue weighted by Crippen LogP contribution is -2.39. The van der Waals surface area contributed by atoms with Crippen LogP contribution in [0.4, 0.5) is 0 Å². The highest BCUT2D eigenvalue weighted by atomic mass is 16.7. The Morgan fingerprint density at radius 2 is 1.50 bits per heavy atom. The van der Waals surface area contributed by atoms with Crippen LogP contribution in [0.15, 0.2) is 72.5 Å². The zero-order valence-electron chi connectivity index (χ0n) is 15.1. The van der Waals surface area contributed by atoms with E-state index in [1.807, 2.05) is 0 Å². The molecular weight excluding hydrogens is 364 g/mol. The number of ether oxygens (including phenoxy) is 4. The van der Waals surface area contributed by atoms with E-state index in [1.54, 1.807) is 60.7 Å². The molecule has 0 bridgehead atoms. The minimum absolute atomic E-state index is 0.173. The summed E-state index contributed by atoms with van der Waals surface area (Å²) >= 11 is 0. The molecule has 1 aliphatic rings. The number of rotatable bonds is 6. The lowest BCUT2D eigenvalue weighted by molar-refractivity contribution is -0.177. The summed E-state index contributed by atoms with van der Waals surface area (Å²) in [4.78, 5) is 36.6. The molecule has 3 rings (SSSR count). The second-order valence-corrected chi connectivity index (χ2v) is 5.86. The molecule has 0 aromatic heterocycles. The molecule has 1 aliphatic heterocycles. The van der Waals surface area contributed by atoms with Crippen LogP contribution in [0.1, 0.15) is 20.7 Å². The highest BCUT2D eigenvalue weighted by Crippen LogP contribution is 2.20. The van der Waals surface area contributed by atoms with Gasteiger partial charge in [-0.25, -0.2) is 9.59 Å². The van der Waals surface area contributed by atoms with E-state index in [0.29, 0.717) is 11.1 Å². The Kier molecular flexibility index (Phi) is 6.31. The second-order valence-electron chi connectivity index (χ2n) is 5.86. The quantitative estimate of drug-likeness (QED) is 0.710. The summed E-state index contributed by atoms with van der Waals surface area (Å²) < 4.78 is 20.9. The van der Waals surface area contributed by atoms with Crippen molar-refractivity contribution in [2.24, 2.45) is 0 Å². The molecule has 0 spiro atoms.